The quantitative estimate of drug-likeness (QED) is 0.336. The van der Waals surface area contributed by atoms with Crippen LogP contribution in [0.25, 0.3) is 0 Å². The minimum absolute atomic E-state index is 0.0289. The fraction of sp³-hybridized carbons (Fsp3) is 0.350. The first-order chi connectivity index (χ1) is 14.4. The Bertz CT molecular complexity index is 888. The van der Waals surface area contributed by atoms with Crippen LogP contribution < -0.4 is 24.3 Å². The molecule has 30 heavy (non-hydrogen) atoms. The lowest BCUT2D eigenvalue weighted by Crippen LogP contribution is -2.26. The number of ether oxygens (including phenoxy) is 4. The van der Waals surface area contributed by atoms with Crippen molar-refractivity contribution in [3.63, 3.8) is 0 Å². The summed E-state index contributed by atoms with van der Waals surface area (Å²) in [6, 6.07) is 6.91. The SMILES string of the molecule is COc1cc(C(=O)NCCCCOc2ccc(F)cc2)c([N+](=O)[O-])c(OC)c1OC. The molecule has 0 aliphatic heterocycles. The monoisotopic (exact) mass is 422 g/mol. The van der Waals surface area contributed by atoms with E-state index in [4.69, 9.17) is 18.9 Å². The Morgan fingerprint density at radius 3 is 2.30 bits per heavy atom. The number of hydrogen-bond donors (Lipinski definition) is 1. The van der Waals surface area contributed by atoms with Gasteiger partial charge in [0.15, 0.2) is 5.75 Å². The van der Waals surface area contributed by atoms with E-state index in [0.29, 0.717) is 25.2 Å². The molecule has 0 aliphatic rings. The smallest absolute Gasteiger partial charge is 0.327 e. The summed E-state index contributed by atoms with van der Waals surface area (Å²) < 4.78 is 33.7. The molecule has 0 bridgehead atoms. The number of unbranched alkanes of at least 4 members (excludes halogenated alkanes) is 1. The number of halogens is 1. The van der Waals surface area contributed by atoms with Crippen LogP contribution in [0.2, 0.25) is 0 Å². The van der Waals surface area contributed by atoms with Crippen LogP contribution in [0.4, 0.5) is 10.1 Å². The van der Waals surface area contributed by atoms with Gasteiger partial charge < -0.3 is 24.3 Å². The predicted octanol–water partition coefficient (Wildman–Crippen LogP) is 3.35. The van der Waals surface area contributed by atoms with E-state index in [9.17, 15) is 19.3 Å². The number of benzene rings is 2. The molecule has 162 valence electrons. The van der Waals surface area contributed by atoms with E-state index in [-0.39, 0.29) is 35.2 Å². The van der Waals surface area contributed by atoms with Gasteiger partial charge in [0.05, 0.1) is 32.9 Å². The summed E-state index contributed by atoms with van der Waals surface area (Å²) >= 11 is 0. The highest BCUT2D eigenvalue weighted by Gasteiger charge is 2.32. The van der Waals surface area contributed by atoms with Gasteiger partial charge in [-0.15, -0.1) is 0 Å². The summed E-state index contributed by atoms with van der Waals surface area (Å²) in [6.07, 6.45) is 1.19. The lowest BCUT2D eigenvalue weighted by Gasteiger charge is -2.15. The molecule has 0 aliphatic carbocycles. The van der Waals surface area contributed by atoms with Crippen LogP contribution in [0, 0.1) is 15.9 Å². The normalized spacial score (nSPS) is 10.3. The first-order valence-corrected chi connectivity index (χ1v) is 9.06. The highest BCUT2D eigenvalue weighted by atomic mass is 19.1. The molecular formula is C20H23FN2O7. The lowest BCUT2D eigenvalue weighted by molar-refractivity contribution is -0.386. The molecule has 0 radical (unpaired) electrons. The first-order valence-electron chi connectivity index (χ1n) is 9.06. The number of amides is 1. The van der Waals surface area contributed by atoms with E-state index in [1.54, 1.807) is 0 Å². The van der Waals surface area contributed by atoms with Crippen molar-refractivity contribution in [1.82, 2.24) is 5.32 Å². The number of hydrogen-bond acceptors (Lipinski definition) is 7. The van der Waals surface area contributed by atoms with Crippen LogP contribution in [0.15, 0.2) is 30.3 Å². The second kappa shape index (κ2) is 10.8. The van der Waals surface area contributed by atoms with E-state index in [0.717, 1.165) is 0 Å². The maximum absolute atomic E-state index is 12.8. The predicted molar refractivity (Wildman–Crippen MR) is 106 cm³/mol. The molecule has 0 unspecified atom stereocenters. The minimum atomic E-state index is -0.702. The summed E-state index contributed by atoms with van der Waals surface area (Å²) in [6.45, 7) is 0.658. The minimum Gasteiger partial charge on any atom is -0.494 e. The maximum Gasteiger partial charge on any atom is 0.327 e. The zero-order valence-electron chi connectivity index (χ0n) is 16.9. The van der Waals surface area contributed by atoms with Crippen molar-refractivity contribution in [2.45, 2.75) is 12.8 Å². The van der Waals surface area contributed by atoms with Gasteiger partial charge >= 0.3 is 5.69 Å². The van der Waals surface area contributed by atoms with Gasteiger partial charge in [0.1, 0.15) is 17.1 Å². The Kier molecular flexibility index (Phi) is 8.21. The maximum atomic E-state index is 12.8. The summed E-state index contributed by atoms with van der Waals surface area (Å²) in [4.78, 5) is 23.4. The van der Waals surface area contributed by atoms with Crippen LogP contribution in [0.1, 0.15) is 23.2 Å². The van der Waals surface area contributed by atoms with Crippen LogP contribution in [-0.2, 0) is 0 Å². The van der Waals surface area contributed by atoms with Crippen molar-refractivity contribution in [3.05, 3.63) is 51.8 Å². The van der Waals surface area contributed by atoms with Crippen LogP contribution >= 0.6 is 0 Å². The highest BCUT2D eigenvalue weighted by Crippen LogP contribution is 2.46. The third-order valence-corrected chi connectivity index (χ3v) is 4.17. The zero-order valence-corrected chi connectivity index (χ0v) is 16.9. The second-order valence-electron chi connectivity index (χ2n) is 6.06. The van der Waals surface area contributed by atoms with E-state index < -0.39 is 16.5 Å². The molecule has 1 N–H and O–H groups in total. The number of carbonyl (C=O) groups is 1. The first kappa shape index (κ1) is 22.7. The van der Waals surface area contributed by atoms with Crippen molar-refractivity contribution < 1.29 is 33.1 Å². The third kappa shape index (κ3) is 5.49. The van der Waals surface area contributed by atoms with Crippen molar-refractivity contribution >= 4 is 11.6 Å². The average Bonchev–Trinajstić information content (AvgIpc) is 2.75. The molecule has 9 nitrogen and oxygen atoms in total. The number of nitrogens with zero attached hydrogens (tertiary/aromatic N) is 1. The summed E-state index contributed by atoms with van der Waals surface area (Å²) in [5, 5.41) is 14.2. The number of nitro benzene ring substituents is 1. The molecule has 1 amide bonds. The van der Waals surface area contributed by atoms with Gasteiger partial charge in [0, 0.05) is 12.6 Å². The Hall–Kier alpha value is -3.56. The second-order valence-corrected chi connectivity index (χ2v) is 6.06. The Balaban J connectivity index is 1.98. The van der Waals surface area contributed by atoms with Gasteiger partial charge in [-0.2, -0.15) is 0 Å². The fourth-order valence-corrected chi connectivity index (χ4v) is 2.74. The number of methoxy groups -OCH3 is 3. The standard InChI is InChI=1S/C20H23FN2O7/c1-27-16-12-15(17(23(25)26)19(29-3)18(16)28-2)20(24)22-10-4-5-11-30-14-8-6-13(21)7-9-14/h6-9,12H,4-5,10-11H2,1-3H3,(H,22,24). The van der Waals surface area contributed by atoms with Crippen molar-refractivity contribution in [2.75, 3.05) is 34.5 Å². The Labute approximate surface area is 172 Å². The summed E-state index contributed by atoms with van der Waals surface area (Å²) in [7, 11) is 3.91. The zero-order chi connectivity index (χ0) is 22.1. The van der Waals surface area contributed by atoms with Gasteiger partial charge in [-0.25, -0.2) is 4.39 Å². The number of rotatable bonds is 11. The molecule has 0 heterocycles. The topological polar surface area (TPSA) is 109 Å². The van der Waals surface area contributed by atoms with Gasteiger partial charge in [-0.3, -0.25) is 14.9 Å². The molecule has 10 heteroatoms. The Morgan fingerprint density at radius 1 is 1.07 bits per heavy atom. The number of nitro groups is 1. The van der Waals surface area contributed by atoms with Gasteiger partial charge in [0.25, 0.3) is 5.91 Å². The van der Waals surface area contributed by atoms with Crippen LogP contribution in [0.5, 0.6) is 23.0 Å². The van der Waals surface area contributed by atoms with E-state index in [1.165, 1.54) is 51.7 Å². The molecule has 0 saturated heterocycles. The van der Waals surface area contributed by atoms with E-state index in [1.807, 2.05) is 0 Å². The molecule has 0 atom stereocenters. The molecule has 0 fully saturated rings. The van der Waals surface area contributed by atoms with Crippen LogP contribution in [0.3, 0.4) is 0 Å². The molecule has 2 aromatic rings. The van der Waals surface area contributed by atoms with Gasteiger partial charge in [-0.1, -0.05) is 0 Å². The summed E-state index contributed by atoms with van der Waals surface area (Å²) in [5.74, 6) is -0.460. The van der Waals surface area contributed by atoms with Crippen molar-refractivity contribution in [2.24, 2.45) is 0 Å². The average molecular weight is 422 g/mol. The van der Waals surface area contributed by atoms with Crippen molar-refractivity contribution in [1.29, 1.82) is 0 Å². The number of nitrogens with one attached hydrogen (secondary N) is 1. The van der Waals surface area contributed by atoms with E-state index >= 15 is 0 Å². The summed E-state index contributed by atoms with van der Waals surface area (Å²) in [5.41, 5.74) is -0.704. The largest absolute Gasteiger partial charge is 0.494 e. The van der Waals surface area contributed by atoms with Gasteiger partial charge in [-0.05, 0) is 37.1 Å². The molecule has 0 aromatic heterocycles. The molecular weight excluding hydrogens is 399 g/mol. The van der Waals surface area contributed by atoms with Crippen molar-refractivity contribution in [3.8, 4) is 23.0 Å². The molecule has 0 spiro atoms. The molecule has 2 rings (SSSR count). The van der Waals surface area contributed by atoms with E-state index in [2.05, 4.69) is 5.32 Å². The highest BCUT2D eigenvalue weighted by molar-refractivity contribution is 6.00. The lowest BCUT2D eigenvalue weighted by atomic mass is 10.1. The fourth-order valence-electron chi connectivity index (χ4n) is 2.74. The van der Waals surface area contributed by atoms with Crippen LogP contribution in [-0.4, -0.2) is 45.3 Å². The number of carbonyl (C=O) groups excluding carboxylic acids is 1. The Morgan fingerprint density at radius 2 is 1.73 bits per heavy atom. The van der Waals surface area contributed by atoms with Gasteiger partial charge in [0.2, 0.25) is 11.5 Å². The third-order valence-electron chi connectivity index (χ3n) is 4.17. The molecule has 2 aromatic carbocycles. The molecule has 0 saturated carbocycles.